The molecule has 0 unspecified atom stereocenters. The third-order valence-electron chi connectivity index (χ3n) is 3.07. The average molecular weight is 413 g/mol. The molecule has 0 spiro atoms. The van der Waals surface area contributed by atoms with E-state index < -0.39 is 10.0 Å². The average Bonchev–Trinajstić information content (AvgIpc) is 2.94. The molecule has 3 aromatic rings. The molecule has 1 N–H and O–H groups in total. The number of sulfonamides is 1. The Morgan fingerprint density at radius 1 is 1.09 bits per heavy atom. The Balaban J connectivity index is 2.03. The molecule has 0 aliphatic rings. The molecule has 1 aromatic heterocycles. The van der Waals surface area contributed by atoms with Gasteiger partial charge in [-0.3, -0.25) is 4.72 Å². The number of nitrogens with one attached hydrogen (secondary N) is 1. The molecule has 0 bridgehead atoms. The summed E-state index contributed by atoms with van der Waals surface area (Å²) in [5, 5.41) is 4.34. The van der Waals surface area contributed by atoms with Gasteiger partial charge in [-0.2, -0.15) is 5.10 Å². The summed E-state index contributed by atoms with van der Waals surface area (Å²) in [6.07, 6.45) is 3.36. The van der Waals surface area contributed by atoms with Crippen LogP contribution in [0.25, 0.3) is 5.69 Å². The molecule has 3 rings (SSSR count). The Kier molecular flexibility index (Phi) is 4.43. The fourth-order valence-electron chi connectivity index (χ4n) is 2.05. The second-order valence-electron chi connectivity index (χ2n) is 4.66. The van der Waals surface area contributed by atoms with E-state index in [1.165, 1.54) is 12.1 Å². The van der Waals surface area contributed by atoms with Crippen molar-refractivity contribution in [3.63, 3.8) is 0 Å². The van der Waals surface area contributed by atoms with E-state index in [1.54, 1.807) is 53.5 Å². The van der Waals surface area contributed by atoms with Crippen molar-refractivity contribution < 1.29 is 8.42 Å². The largest absolute Gasteiger partial charge is 0.277 e. The quantitative estimate of drug-likeness (QED) is 0.702. The van der Waals surface area contributed by atoms with E-state index in [2.05, 4.69) is 25.8 Å². The fraction of sp³-hybridized carbons (Fsp3) is 0. The van der Waals surface area contributed by atoms with Gasteiger partial charge in [0.15, 0.2) is 0 Å². The normalized spacial score (nSPS) is 11.4. The van der Waals surface area contributed by atoms with Gasteiger partial charge >= 0.3 is 0 Å². The Labute approximate surface area is 147 Å². The van der Waals surface area contributed by atoms with E-state index in [0.717, 1.165) is 4.47 Å². The molecule has 8 heteroatoms. The highest BCUT2D eigenvalue weighted by Crippen LogP contribution is 2.27. The number of anilines is 1. The molecule has 0 atom stereocenters. The van der Waals surface area contributed by atoms with Gasteiger partial charge in [0.05, 0.1) is 27.1 Å². The van der Waals surface area contributed by atoms with Crippen LogP contribution in [0.15, 0.2) is 70.3 Å². The summed E-state index contributed by atoms with van der Waals surface area (Å²) in [5.41, 5.74) is 1.01. The summed E-state index contributed by atoms with van der Waals surface area (Å²) < 4.78 is 30.1. The zero-order valence-corrected chi connectivity index (χ0v) is 14.8. The van der Waals surface area contributed by atoms with Gasteiger partial charge in [-0.05, 0) is 40.2 Å². The monoisotopic (exact) mass is 411 g/mol. The molecule has 2 aromatic carbocycles. The third kappa shape index (κ3) is 3.41. The van der Waals surface area contributed by atoms with Crippen molar-refractivity contribution in [3.8, 4) is 5.69 Å². The molecule has 1 heterocycles. The molecule has 0 saturated heterocycles. The van der Waals surface area contributed by atoms with Gasteiger partial charge < -0.3 is 0 Å². The third-order valence-corrected chi connectivity index (χ3v) is 5.35. The van der Waals surface area contributed by atoms with Gasteiger partial charge in [0.25, 0.3) is 10.0 Å². The van der Waals surface area contributed by atoms with E-state index >= 15 is 0 Å². The van der Waals surface area contributed by atoms with Crippen LogP contribution in [0.3, 0.4) is 0 Å². The fourth-order valence-corrected chi connectivity index (χ4v) is 3.94. The maximum Gasteiger partial charge on any atom is 0.263 e. The van der Waals surface area contributed by atoms with Crippen LogP contribution in [0.4, 0.5) is 5.69 Å². The van der Waals surface area contributed by atoms with Gasteiger partial charge in [0, 0.05) is 6.20 Å². The molecular weight excluding hydrogens is 402 g/mol. The molecule has 0 radical (unpaired) electrons. The van der Waals surface area contributed by atoms with Gasteiger partial charge in [-0.15, -0.1) is 0 Å². The van der Waals surface area contributed by atoms with Crippen molar-refractivity contribution in [2.24, 2.45) is 0 Å². The minimum Gasteiger partial charge on any atom is -0.277 e. The lowest BCUT2D eigenvalue weighted by molar-refractivity contribution is 0.601. The number of nitrogens with zero attached hydrogens (tertiary/aromatic N) is 2. The summed E-state index contributed by atoms with van der Waals surface area (Å²) in [6, 6.07) is 13.3. The van der Waals surface area contributed by atoms with E-state index in [4.69, 9.17) is 11.6 Å². The lowest BCUT2D eigenvalue weighted by Crippen LogP contribution is -2.15. The Morgan fingerprint density at radius 2 is 1.78 bits per heavy atom. The number of hydrogen-bond donors (Lipinski definition) is 1. The Hall–Kier alpha value is -1.83. The maximum atomic E-state index is 12.6. The predicted octanol–water partition coefficient (Wildman–Crippen LogP) is 4.09. The van der Waals surface area contributed by atoms with Crippen LogP contribution in [0, 0.1) is 0 Å². The van der Waals surface area contributed by atoms with Crippen LogP contribution in [0.2, 0.25) is 5.02 Å². The first-order valence-corrected chi connectivity index (χ1v) is 9.20. The van der Waals surface area contributed by atoms with E-state index in [9.17, 15) is 8.42 Å². The first-order chi connectivity index (χ1) is 11.0. The minimum absolute atomic E-state index is 0.0260. The number of rotatable bonds is 4. The van der Waals surface area contributed by atoms with E-state index in [1.807, 2.05) is 0 Å². The van der Waals surface area contributed by atoms with Crippen molar-refractivity contribution in [1.29, 1.82) is 0 Å². The SMILES string of the molecule is O=S(=O)(Nc1ccccc1-n1cc(Br)cn1)c1ccccc1Cl. The molecular formula is C15H11BrClN3O2S. The number of hydrogen-bond acceptors (Lipinski definition) is 3. The number of benzene rings is 2. The first-order valence-electron chi connectivity index (χ1n) is 6.54. The highest BCUT2D eigenvalue weighted by molar-refractivity contribution is 9.10. The van der Waals surface area contributed by atoms with Crippen LogP contribution >= 0.6 is 27.5 Å². The lowest BCUT2D eigenvalue weighted by atomic mass is 10.3. The molecule has 0 aliphatic heterocycles. The number of para-hydroxylation sites is 2. The van der Waals surface area contributed by atoms with Crippen molar-refractivity contribution in [2.75, 3.05) is 4.72 Å². The summed E-state index contributed by atoms with van der Waals surface area (Å²) in [7, 11) is -3.80. The smallest absolute Gasteiger partial charge is 0.263 e. The van der Waals surface area contributed by atoms with Gasteiger partial charge in [0.2, 0.25) is 0 Å². The van der Waals surface area contributed by atoms with Crippen LogP contribution in [-0.2, 0) is 10.0 Å². The Bertz CT molecular complexity index is 957. The standard InChI is InChI=1S/C15H11BrClN3O2S/c16-11-9-18-20(10-11)14-7-3-2-6-13(14)19-23(21,22)15-8-4-1-5-12(15)17/h1-10,19H. The van der Waals surface area contributed by atoms with E-state index in [0.29, 0.717) is 11.4 Å². The molecule has 5 nitrogen and oxygen atoms in total. The second-order valence-corrected chi connectivity index (χ2v) is 7.63. The van der Waals surface area contributed by atoms with Gasteiger partial charge in [0.1, 0.15) is 4.90 Å². The van der Waals surface area contributed by atoms with Crippen molar-refractivity contribution in [3.05, 3.63) is 70.4 Å². The van der Waals surface area contributed by atoms with E-state index in [-0.39, 0.29) is 9.92 Å². The summed E-state index contributed by atoms with van der Waals surface area (Å²) in [6.45, 7) is 0. The lowest BCUT2D eigenvalue weighted by Gasteiger charge is -2.13. The molecule has 0 aliphatic carbocycles. The van der Waals surface area contributed by atoms with Crippen LogP contribution < -0.4 is 4.72 Å². The van der Waals surface area contributed by atoms with Crippen molar-refractivity contribution in [2.45, 2.75) is 4.90 Å². The van der Waals surface area contributed by atoms with Crippen LogP contribution in [-0.4, -0.2) is 18.2 Å². The number of halogens is 2. The van der Waals surface area contributed by atoms with Crippen molar-refractivity contribution in [1.82, 2.24) is 9.78 Å². The predicted molar refractivity (Wildman–Crippen MR) is 93.5 cm³/mol. The maximum absolute atomic E-state index is 12.6. The molecule has 23 heavy (non-hydrogen) atoms. The Morgan fingerprint density at radius 3 is 2.48 bits per heavy atom. The summed E-state index contributed by atoms with van der Waals surface area (Å²) >= 11 is 9.31. The topological polar surface area (TPSA) is 64.0 Å². The molecule has 0 amide bonds. The molecule has 0 fully saturated rings. The first kappa shape index (κ1) is 16.0. The highest BCUT2D eigenvalue weighted by atomic mass is 79.9. The minimum atomic E-state index is -3.80. The van der Waals surface area contributed by atoms with Gasteiger partial charge in [-0.25, -0.2) is 13.1 Å². The zero-order valence-electron chi connectivity index (χ0n) is 11.6. The van der Waals surface area contributed by atoms with Crippen LogP contribution in [0.5, 0.6) is 0 Å². The summed E-state index contributed by atoms with van der Waals surface area (Å²) in [4.78, 5) is 0.0260. The summed E-state index contributed by atoms with van der Waals surface area (Å²) in [5.74, 6) is 0. The molecule has 0 saturated carbocycles. The second kappa shape index (κ2) is 6.35. The van der Waals surface area contributed by atoms with Crippen molar-refractivity contribution >= 4 is 43.2 Å². The van der Waals surface area contributed by atoms with Crippen LogP contribution in [0.1, 0.15) is 0 Å². The van der Waals surface area contributed by atoms with Gasteiger partial charge in [-0.1, -0.05) is 35.9 Å². The highest BCUT2D eigenvalue weighted by Gasteiger charge is 2.19. The zero-order chi connectivity index (χ0) is 16.4. The molecule has 118 valence electrons. The number of aromatic nitrogens is 2.